The van der Waals surface area contributed by atoms with Crippen LogP contribution in [-0.2, 0) is 11.2 Å². The molecule has 1 aliphatic heterocycles. The first-order chi connectivity index (χ1) is 8.40. The van der Waals surface area contributed by atoms with Gasteiger partial charge in [0.25, 0.3) is 0 Å². The van der Waals surface area contributed by atoms with E-state index in [1.807, 2.05) is 27.7 Å². The first-order valence-electron chi connectivity index (χ1n) is 6.32. The van der Waals surface area contributed by atoms with Crippen molar-refractivity contribution in [1.29, 1.82) is 0 Å². The summed E-state index contributed by atoms with van der Waals surface area (Å²) in [4.78, 5) is 15.9. The normalized spacial score (nSPS) is 22.9. The molecule has 2 heterocycles. The number of carboxylic acid groups (broad SMARTS) is 1. The molecule has 0 amide bonds. The van der Waals surface area contributed by atoms with Crippen LogP contribution in [0.4, 0.5) is 0 Å². The third-order valence-corrected chi connectivity index (χ3v) is 3.30. The maximum Gasteiger partial charge on any atom is 0.337 e. The zero-order valence-electron chi connectivity index (χ0n) is 11.2. The maximum absolute atomic E-state index is 11.3. The number of aromatic nitrogens is 1. The van der Waals surface area contributed by atoms with Gasteiger partial charge in [-0.1, -0.05) is 13.8 Å². The van der Waals surface area contributed by atoms with Crippen molar-refractivity contribution in [3.63, 3.8) is 0 Å². The second-order valence-corrected chi connectivity index (χ2v) is 5.21. The van der Waals surface area contributed by atoms with E-state index in [-0.39, 0.29) is 18.1 Å². The van der Waals surface area contributed by atoms with Crippen LogP contribution in [0, 0.1) is 0 Å². The standard InChI is InChI=1S/C14H19NO3/c1-7(2)13-11(14(16)17)6-10-9(4)18-8(3)5-12(10)15-13/h6-9H,5H2,1-4H3,(H,16,17). The summed E-state index contributed by atoms with van der Waals surface area (Å²) in [6.45, 7) is 7.89. The van der Waals surface area contributed by atoms with Gasteiger partial charge in [0.05, 0.1) is 23.5 Å². The highest BCUT2D eigenvalue weighted by Gasteiger charge is 2.27. The highest BCUT2D eigenvalue weighted by Crippen LogP contribution is 2.31. The van der Waals surface area contributed by atoms with Gasteiger partial charge in [0, 0.05) is 17.7 Å². The Hall–Kier alpha value is -1.42. The van der Waals surface area contributed by atoms with Gasteiger partial charge < -0.3 is 9.84 Å². The van der Waals surface area contributed by atoms with Crippen LogP contribution in [0.2, 0.25) is 0 Å². The van der Waals surface area contributed by atoms with Gasteiger partial charge in [0.1, 0.15) is 0 Å². The zero-order chi connectivity index (χ0) is 13.4. The lowest BCUT2D eigenvalue weighted by Gasteiger charge is -2.28. The number of hydrogen-bond donors (Lipinski definition) is 1. The molecule has 0 spiro atoms. The van der Waals surface area contributed by atoms with Crippen LogP contribution >= 0.6 is 0 Å². The molecule has 98 valence electrons. The molecule has 1 aliphatic rings. The van der Waals surface area contributed by atoms with Gasteiger partial charge in [-0.05, 0) is 25.8 Å². The first-order valence-corrected chi connectivity index (χ1v) is 6.32. The molecule has 4 heteroatoms. The van der Waals surface area contributed by atoms with Crippen LogP contribution in [0.15, 0.2) is 6.07 Å². The van der Waals surface area contributed by atoms with E-state index in [0.29, 0.717) is 11.3 Å². The molecule has 2 rings (SSSR count). The Morgan fingerprint density at radius 3 is 2.72 bits per heavy atom. The van der Waals surface area contributed by atoms with E-state index < -0.39 is 5.97 Å². The van der Waals surface area contributed by atoms with Crippen molar-refractivity contribution in [3.8, 4) is 0 Å². The van der Waals surface area contributed by atoms with Crippen molar-refractivity contribution in [2.45, 2.75) is 52.2 Å². The lowest BCUT2D eigenvalue weighted by Crippen LogP contribution is -2.25. The van der Waals surface area contributed by atoms with Crippen LogP contribution in [0.5, 0.6) is 0 Å². The molecule has 1 aromatic heterocycles. The molecule has 2 atom stereocenters. The summed E-state index contributed by atoms with van der Waals surface area (Å²) in [6.07, 6.45) is 0.797. The predicted octanol–water partition coefficient (Wildman–Crippen LogP) is 2.93. The topological polar surface area (TPSA) is 59.4 Å². The molecule has 0 aliphatic carbocycles. The largest absolute Gasteiger partial charge is 0.478 e. The van der Waals surface area contributed by atoms with E-state index in [2.05, 4.69) is 4.98 Å². The van der Waals surface area contributed by atoms with Gasteiger partial charge in [0.15, 0.2) is 0 Å². The number of hydrogen-bond acceptors (Lipinski definition) is 3. The summed E-state index contributed by atoms with van der Waals surface area (Å²) in [5.41, 5.74) is 2.86. The van der Waals surface area contributed by atoms with Crippen molar-refractivity contribution in [3.05, 3.63) is 28.6 Å². The lowest BCUT2D eigenvalue weighted by molar-refractivity contribution is -0.00608. The summed E-state index contributed by atoms with van der Waals surface area (Å²) < 4.78 is 5.71. The smallest absolute Gasteiger partial charge is 0.337 e. The Bertz CT molecular complexity index is 482. The maximum atomic E-state index is 11.3. The van der Waals surface area contributed by atoms with Crippen LogP contribution < -0.4 is 0 Å². The minimum atomic E-state index is -0.917. The average Bonchev–Trinajstić information content (AvgIpc) is 2.26. The van der Waals surface area contributed by atoms with Gasteiger partial charge in [-0.25, -0.2) is 4.79 Å². The van der Waals surface area contributed by atoms with Gasteiger partial charge in [-0.3, -0.25) is 4.98 Å². The number of carbonyl (C=O) groups is 1. The number of rotatable bonds is 2. The van der Waals surface area contributed by atoms with E-state index in [9.17, 15) is 9.90 Å². The fourth-order valence-corrected chi connectivity index (χ4v) is 2.45. The number of ether oxygens (including phenoxy) is 1. The van der Waals surface area contributed by atoms with Crippen LogP contribution in [0.1, 0.15) is 67.0 Å². The molecule has 1 N–H and O–H groups in total. The van der Waals surface area contributed by atoms with E-state index in [1.54, 1.807) is 6.07 Å². The third kappa shape index (κ3) is 2.25. The molecular weight excluding hydrogens is 230 g/mol. The van der Waals surface area contributed by atoms with E-state index in [0.717, 1.165) is 17.7 Å². The minimum absolute atomic E-state index is 0.0874. The molecule has 0 aromatic carbocycles. The second kappa shape index (κ2) is 4.69. The van der Waals surface area contributed by atoms with Gasteiger partial charge >= 0.3 is 5.97 Å². The summed E-state index contributed by atoms with van der Waals surface area (Å²) >= 11 is 0. The third-order valence-electron chi connectivity index (χ3n) is 3.30. The van der Waals surface area contributed by atoms with Crippen molar-refractivity contribution in [1.82, 2.24) is 4.98 Å². The van der Waals surface area contributed by atoms with Crippen molar-refractivity contribution in [2.75, 3.05) is 0 Å². The van der Waals surface area contributed by atoms with Crippen molar-refractivity contribution < 1.29 is 14.6 Å². The highest BCUT2D eigenvalue weighted by molar-refractivity contribution is 5.89. The number of carboxylic acids is 1. The Morgan fingerprint density at radius 2 is 2.17 bits per heavy atom. The van der Waals surface area contributed by atoms with Gasteiger partial charge in [0.2, 0.25) is 0 Å². The summed E-state index contributed by atoms with van der Waals surface area (Å²) in [7, 11) is 0. The number of aromatic carboxylic acids is 1. The molecule has 0 bridgehead atoms. The van der Waals surface area contributed by atoms with E-state index in [1.165, 1.54) is 0 Å². The number of nitrogens with zero attached hydrogens (tertiary/aromatic N) is 1. The first kappa shape index (κ1) is 13.0. The summed E-state index contributed by atoms with van der Waals surface area (Å²) in [5.74, 6) is -0.810. The molecule has 2 unspecified atom stereocenters. The van der Waals surface area contributed by atoms with Crippen LogP contribution in [-0.4, -0.2) is 22.2 Å². The molecule has 0 radical (unpaired) electrons. The fourth-order valence-electron chi connectivity index (χ4n) is 2.45. The Morgan fingerprint density at radius 1 is 1.50 bits per heavy atom. The van der Waals surface area contributed by atoms with Gasteiger partial charge in [-0.15, -0.1) is 0 Å². The van der Waals surface area contributed by atoms with E-state index >= 15 is 0 Å². The monoisotopic (exact) mass is 249 g/mol. The van der Waals surface area contributed by atoms with Crippen molar-refractivity contribution in [2.24, 2.45) is 0 Å². The SMILES string of the molecule is CC1Cc2nc(C(C)C)c(C(=O)O)cc2C(C)O1. The van der Waals surface area contributed by atoms with Gasteiger partial charge in [-0.2, -0.15) is 0 Å². The zero-order valence-corrected chi connectivity index (χ0v) is 11.2. The highest BCUT2D eigenvalue weighted by atomic mass is 16.5. The summed E-state index contributed by atoms with van der Waals surface area (Å²) in [5, 5.41) is 9.27. The fraction of sp³-hybridized carbons (Fsp3) is 0.571. The molecule has 0 fully saturated rings. The predicted molar refractivity (Wildman–Crippen MR) is 68.0 cm³/mol. The Kier molecular flexibility index (Phi) is 3.39. The molecule has 18 heavy (non-hydrogen) atoms. The molecule has 0 saturated heterocycles. The van der Waals surface area contributed by atoms with Crippen LogP contribution in [0.25, 0.3) is 0 Å². The molecule has 1 aromatic rings. The molecule has 0 saturated carbocycles. The second-order valence-electron chi connectivity index (χ2n) is 5.21. The van der Waals surface area contributed by atoms with E-state index in [4.69, 9.17) is 4.74 Å². The molecule has 4 nitrogen and oxygen atoms in total. The van der Waals surface area contributed by atoms with Crippen molar-refractivity contribution >= 4 is 5.97 Å². The quantitative estimate of drug-likeness (QED) is 0.875. The lowest BCUT2D eigenvalue weighted by atomic mass is 9.94. The number of pyridine rings is 1. The summed E-state index contributed by atoms with van der Waals surface area (Å²) in [6, 6.07) is 1.73. The average molecular weight is 249 g/mol. The Labute approximate surface area is 107 Å². The Balaban J connectivity index is 2.58. The molecular formula is C14H19NO3. The minimum Gasteiger partial charge on any atom is -0.478 e. The number of fused-ring (bicyclic) bond motifs is 1. The van der Waals surface area contributed by atoms with Crippen LogP contribution in [0.3, 0.4) is 0 Å².